The molecule has 1 fully saturated rings. The molecular formula is C19H19N5O3S. The van der Waals surface area contributed by atoms with Crippen molar-refractivity contribution in [1.29, 1.82) is 0 Å². The summed E-state index contributed by atoms with van der Waals surface area (Å²) in [6.45, 7) is 4.50. The molecule has 3 amide bonds. The topological polar surface area (TPSA) is 93.3 Å². The minimum absolute atomic E-state index is 0.247. The number of nitrogens with one attached hydrogen (secondary N) is 1. The summed E-state index contributed by atoms with van der Waals surface area (Å²) in [5, 5.41) is 11.4. The zero-order chi connectivity index (χ0) is 19.7. The fourth-order valence-corrected chi connectivity index (χ4v) is 3.99. The molecule has 9 heteroatoms. The van der Waals surface area contributed by atoms with Crippen LogP contribution < -0.4 is 5.32 Å². The number of hydrogen-bond donors (Lipinski definition) is 1. The highest BCUT2D eigenvalue weighted by Gasteiger charge is 2.31. The number of aromatic nitrogens is 3. The van der Waals surface area contributed by atoms with E-state index < -0.39 is 5.25 Å². The molecule has 0 radical (unpaired) electrons. The lowest BCUT2D eigenvalue weighted by atomic mass is 10.2. The van der Waals surface area contributed by atoms with Crippen molar-refractivity contribution in [2.45, 2.75) is 24.3 Å². The molecule has 3 aromatic rings. The van der Waals surface area contributed by atoms with Crippen molar-refractivity contribution >= 4 is 23.7 Å². The van der Waals surface area contributed by atoms with Crippen molar-refractivity contribution in [3.8, 4) is 17.1 Å². The van der Waals surface area contributed by atoms with Gasteiger partial charge in [0.2, 0.25) is 5.91 Å². The van der Waals surface area contributed by atoms with Gasteiger partial charge in [-0.2, -0.15) is 0 Å². The van der Waals surface area contributed by atoms with Crippen molar-refractivity contribution in [3.63, 3.8) is 0 Å². The van der Waals surface area contributed by atoms with E-state index in [-0.39, 0.29) is 11.9 Å². The van der Waals surface area contributed by atoms with Gasteiger partial charge in [0.15, 0.2) is 11.0 Å². The van der Waals surface area contributed by atoms with E-state index >= 15 is 0 Å². The first-order valence-electron chi connectivity index (χ1n) is 8.87. The van der Waals surface area contributed by atoms with Gasteiger partial charge in [-0.25, -0.2) is 4.79 Å². The Morgan fingerprint density at radius 2 is 2.04 bits per heavy atom. The second-order valence-electron chi connectivity index (χ2n) is 6.35. The van der Waals surface area contributed by atoms with E-state index in [9.17, 15) is 9.59 Å². The molecule has 0 spiro atoms. The SMILES string of the molecule is Cc1occc1-c1nnc(SC(C)C(=O)N2CCNC2=O)n1-c1ccccc1. The largest absolute Gasteiger partial charge is 0.469 e. The van der Waals surface area contributed by atoms with E-state index in [4.69, 9.17) is 4.42 Å². The number of para-hydroxylation sites is 1. The minimum Gasteiger partial charge on any atom is -0.469 e. The lowest BCUT2D eigenvalue weighted by Gasteiger charge is -2.17. The molecule has 1 saturated heterocycles. The number of carbonyl (C=O) groups excluding carboxylic acids is 2. The van der Waals surface area contributed by atoms with Crippen LogP contribution in [0, 0.1) is 6.92 Å². The lowest BCUT2D eigenvalue weighted by Crippen LogP contribution is -2.39. The van der Waals surface area contributed by atoms with Crippen LogP contribution in [0.2, 0.25) is 0 Å². The Labute approximate surface area is 165 Å². The number of imide groups is 1. The maximum atomic E-state index is 12.7. The first-order chi connectivity index (χ1) is 13.6. The van der Waals surface area contributed by atoms with Gasteiger partial charge in [-0.05, 0) is 32.0 Å². The molecule has 8 nitrogen and oxygen atoms in total. The number of hydrogen-bond acceptors (Lipinski definition) is 6. The summed E-state index contributed by atoms with van der Waals surface area (Å²) < 4.78 is 7.32. The van der Waals surface area contributed by atoms with Crippen LogP contribution in [-0.4, -0.2) is 49.9 Å². The molecule has 0 saturated carbocycles. The van der Waals surface area contributed by atoms with E-state index in [0.29, 0.717) is 24.1 Å². The summed E-state index contributed by atoms with van der Waals surface area (Å²) in [4.78, 5) is 25.7. The predicted molar refractivity (Wildman–Crippen MR) is 104 cm³/mol. The third-order valence-corrected chi connectivity index (χ3v) is 5.53. The number of urea groups is 1. The molecule has 0 aliphatic carbocycles. The normalized spacial score (nSPS) is 14.9. The summed E-state index contributed by atoms with van der Waals surface area (Å²) in [5.41, 5.74) is 1.71. The Morgan fingerprint density at radius 3 is 2.68 bits per heavy atom. The molecule has 1 aromatic carbocycles. The van der Waals surface area contributed by atoms with E-state index in [2.05, 4.69) is 15.5 Å². The van der Waals surface area contributed by atoms with Crippen LogP contribution in [0.15, 0.2) is 52.2 Å². The van der Waals surface area contributed by atoms with Crippen LogP contribution in [0.4, 0.5) is 4.79 Å². The maximum Gasteiger partial charge on any atom is 0.324 e. The van der Waals surface area contributed by atoms with Gasteiger partial charge in [0, 0.05) is 18.8 Å². The first-order valence-corrected chi connectivity index (χ1v) is 9.75. The molecule has 1 N–H and O–H groups in total. The quantitative estimate of drug-likeness (QED) is 0.666. The van der Waals surface area contributed by atoms with Crippen LogP contribution in [0.5, 0.6) is 0 Å². The number of thioether (sulfide) groups is 1. The highest BCUT2D eigenvalue weighted by molar-refractivity contribution is 8.00. The van der Waals surface area contributed by atoms with Crippen molar-refractivity contribution < 1.29 is 14.0 Å². The number of carbonyl (C=O) groups is 2. The Kier molecular flexibility index (Phi) is 4.91. The lowest BCUT2D eigenvalue weighted by molar-refractivity contribution is -0.126. The fourth-order valence-electron chi connectivity index (χ4n) is 3.06. The summed E-state index contributed by atoms with van der Waals surface area (Å²) in [7, 11) is 0. The smallest absolute Gasteiger partial charge is 0.324 e. The summed E-state index contributed by atoms with van der Waals surface area (Å²) in [5.74, 6) is 1.13. The molecule has 4 rings (SSSR count). The van der Waals surface area contributed by atoms with Gasteiger partial charge >= 0.3 is 6.03 Å². The zero-order valence-corrected chi connectivity index (χ0v) is 16.3. The van der Waals surface area contributed by atoms with Crippen molar-refractivity contribution in [3.05, 3.63) is 48.4 Å². The Bertz CT molecular complexity index is 1010. The number of benzene rings is 1. The Morgan fingerprint density at radius 1 is 1.25 bits per heavy atom. The van der Waals surface area contributed by atoms with Gasteiger partial charge in [-0.1, -0.05) is 30.0 Å². The average molecular weight is 397 g/mol. The molecule has 0 bridgehead atoms. The maximum absolute atomic E-state index is 12.7. The van der Waals surface area contributed by atoms with Gasteiger partial charge < -0.3 is 9.73 Å². The van der Waals surface area contributed by atoms with Crippen molar-refractivity contribution in [2.75, 3.05) is 13.1 Å². The van der Waals surface area contributed by atoms with Crippen LogP contribution >= 0.6 is 11.8 Å². The monoisotopic (exact) mass is 397 g/mol. The van der Waals surface area contributed by atoms with E-state index in [1.165, 1.54) is 16.7 Å². The fraction of sp³-hybridized carbons (Fsp3) is 0.263. The average Bonchev–Trinajstić information content (AvgIpc) is 3.41. The van der Waals surface area contributed by atoms with Crippen LogP contribution in [0.1, 0.15) is 12.7 Å². The molecule has 28 heavy (non-hydrogen) atoms. The molecule has 1 atom stereocenters. The number of aryl methyl sites for hydroxylation is 1. The van der Waals surface area contributed by atoms with Gasteiger partial charge in [-0.3, -0.25) is 14.3 Å². The molecule has 3 heterocycles. The van der Waals surface area contributed by atoms with Crippen LogP contribution in [0.3, 0.4) is 0 Å². The molecule has 1 aliphatic heterocycles. The second-order valence-corrected chi connectivity index (χ2v) is 7.66. The molecule has 144 valence electrons. The van der Waals surface area contributed by atoms with Gasteiger partial charge in [-0.15, -0.1) is 10.2 Å². The minimum atomic E-state index is -0.492. The van der Waals surface area contributed by atoms with E-state index in [1.54, 1.807) is 13.2 Å². The third-order valence-electron chi connectivity index (χ3n) is 4.50. The Balaban J connectivity index is 1.69. The second kappa shape index (κ2) is 7.51. The van der Waals surface area contributed by atoms with Crippen molar-refractivity contribution in [2.24, 2.45) is 0 Å². The van der Waals surface area contributed by atoms with Gasteiger partial charge in [0.25, 0.3) is 0 Å². The highest BCUT2D eigenvalue weighted by atomic mass is 32.2. The number of nitrogens with zero attached hydrogens (tertiary/aromatic N) is 4. The Hall–Kier alpha value is -3.07. The number of amides is 3. The summed E-state index contributed by atoms with van der Waals surface area (Å²) >= 11 is 1.27. The first kappa shape index (κ1) is 18.3. The highest BCUT2D eigenvalue weighted by Crippen LogP contribution is 2.32. The van der Waals surface area contributed by atoms with E-state index in [0.717, 1.165) is 17.0 Å². The zero-order valence-electron chi connectivity index (χ0n) is 15.5. The van der Waals surface area contributed by atoms with Gasteiger partial charge in [0.05, 0.1) is 17.1 Å². The molecular weight excluding hydrogens is 378 g/mol. The van der Waals surface area contributed by atoms with Crippen LogP contribution in [0.25, 0.3) is 17.1 Å². The number of rotatable bonds is 5. The number of furan rings is 1. The molecule has 1 aliphatic rings. The predicted octanol–water partition coefficient (Wildman–Crippen LogP) is 2.87. The molecule has 1 unspecified atom stereocenters. The summed E-state index contributed by atoms with van der Waals surface area (Å²) in [6, 6.07) is 11.2. The van der Waals surface area contributed by atoms with Gasteiger partial charge in [0.1, 0.15) is 5.76 Å². The van der Waals surface area contributed by atoms with E-state index in [1.807, 2.05) is 47.9 Å². The molecule has 2 aromatic heterocycles. The third kappa shape index (κ3) is 3.29. The standard InChI is InChI=1S/C19H19N5O3S/c1-12-15(8-11-27-12)16-21-22-19(24(16)14-6-4-3-5-7-14)28-13(2)17(25)23-10-9-20-18(23)26/h3-8,11,13H,9-10H2,1-2H3,(H,20,26). The summed E-state index contributed by atoms with van der Waals surface area (Å²) in [6.07, 6.45) is 1.61. The van der Waals surface area contributed by atoms with Crippen molar-refractivity contribution in [1.82, 2.24) is 25.0 Å². The van der Waals surface area contributed by atoms with Crippen LogP contribution in [-0.2, 0) is 4.79 Å².